The van der Waals surface area contributed by atoms with Gasteiger partial charge in [-0.2, -0.15) is 0 Å². The molecular formula is C10H17N3. The van der Waals surface area contributed by atoms with Gasteiger partial charge in [0.25, 0.3) is 0 Å². The molecule has 0 bridgehead atoms. The van der Waals surface area contributed by atoms with E-state index in [2.05, 4.69) is 9.88 Å². The van der Waals surface area contributed by atoms with Crippen LogP contribution in [0.3, 0.4) is 0 Å². The quantitative estimate of drug-likeness (QED) is 0.716. The molecule has 0 unspecified atom stereocenters. The largest absolute Gasteiger partial charge is 0.397 e. The van der Waals surface area contributed by atoms with E-state index in [9.17, 15) is 0 Å². The number of hydrogen-bond acceptors (Lipinski definition) is 3. The number of nitrogens with zero attached hydrogens (tertiary/aromatic N) is 2. The fourth-order valence-corrected chi connectivity index (χ4v) is 1.71. The number of anilines is 2. The zero-order chi connectivity index (χ0) is 9.10. The third-order valence-corrected chi connectivity index (χ3v) is 2.45. The van der Waals surface area contributed by atoms with Crippen molar-refractivity contribution in [3.63, 3.8) is 0 Å². The summed E-state index contributed by atoms with van der Waals surface area (Å²) >= 11 is 0. The summed E-state index contributed by atoms with van der Waals surface area (Å²) in [6, 6.07) is 3.91. The van der Waals surface area contributed by atoms with Crippen LogP contribution in [0, 0.1) is 0 Å². The Labute approximate surface area is 80.1 Å². The van der Waals surface area contributed by atoms with Gasteiger partial charge in [-0.05, 0) is 31.4 Å². The maximum absolute atomic E-state index is 5.58. The molecule has 0 atom stereocenters. The van der Waals surface area contributed by atoms with Gasteiger partial charge in [0.15, 0.2) is 0 Å². The Kier molecular flexibility index (Phi) is 2.34. The molecule has 0 radical (unpaired) electrons. The van der Waals surface area contributed by atoms with Crippen molar-refractivity contribution in [3.8, 4) is 0 Å². The lowest BCUT2D eigenvalue weighted by molar-refractivity contribution is 0.573. The first-order valence-corrected chi connectivity index (χ1v) is 4.83. The van der Waals surface area contributed by atoms with Crippen LogP contribution in [0.4, 0.5) is 11.5 Å². The van der Waals surface area contributed by atoms with Crippen LogP contribution in [-0.4, -0.2) is 18.1 Å². The maximum atomic E-state index is 5.58. The van der Waals surface area contributed by atoms with Crippen molar-refractivity contribution in [1.82, 2.24) is 4.98 Å². The van der Waals surface area contributed by atoms with Gasteiger partial charge in [-0.15, -0.1) is 0 Å². The molecule has 1 aromatic heterocycles. The lowest BCUT2D eigenvalue weighted by Gasteiger charge is -2.27. The molecule has 1 aliphatic rings. The van der Waals surface area contributed by atoms with Gasteiger partial charge in [-0.1, -0.05) is 0 Å². The normalized spacial score (nSPS) is 17.4. The Morgan fingerprint density at radius 2 is 2.00 bits per heavy atom. The van der Waals surface area contributed by atoms with Crippen molar-refractivity contribution in [3.05, 3.63) is 18.3 Å². The Hall–Kier alpha value is -1.25. The van der Waals surface area contributed by atoms with Crippen molar-refractivity contribution in [1.29, 1.82) is 0 Å². The number of piperidine rings is 1. The first kappa shape index (κ1) is 8.35. The van der Waals surface area contributed by atoms with Gasteiger partial charge in [-0.25, -0.2) is 4.98 Å². The summed E-state index contributed by atoms with van der Waals surface area (Å²) in [5.41, 5.74) is 6.31. The molecule has 0 aliphatic carbocycles. The average Bonchev–Trinajstić information content (AvgIpc) is 2.20. The summed E-state index contributed by atoms with van der Waals surface area (Å²) in [5.74, 6) is 1.06. The van der Waals surface area contributed by atoms with E-state index in [-0.39, 0.29) is 1.43 Å². The standard InChI is InChI=1S/C10H15N3.H2/c11-9-4-5-10(12-8-9)13-6-2-1-3-7-13;/h4-5,8H,1-3,6-7,11H2;1H. The summed E-state index contributed by atoms with van der Waals surface area (Å²) in [6.07, 6.45) is 5.65. The Bertz CT molecular complexity index is 267. The molecule has 0 aromatic carbocycles. The lowest BCUT2D eigenvalue weighted by atomic mass is 10.1. The van der Waals surface area contributed by atoms with Crippen LogP contribution in [0.25, 0.3) is 0 Å². The number of nitrogen functional groups attached to an aromatic ring is 1. The van der Waals surface area contributed by atoms with Gasteiger partial charge >= 0.3 is 0 Å². The molecule has 2 heterocycles. The van der Waals surface area contributed by atoms with Gasteiger partial charge in [0, 0.05) is 14.5 Å². The molecule has 0 spiro atoms. The van der Waals surface area contributed by atoms with Crippen LogP contribution in [0.15, 0.2) is 18.3 Å². The molecule has 2 rings (SSSR count). The molecule has 1 aliphatic heterocycles. The smallest absolute Gasteiger partial charge is 0.128 e. The van der Waals surface area contributed by atoms with Gasteiger partial charge in [0.05, 0.1) is 11.9 Å². The highest BCUT2D eigenvalue weighted by Gasteiger charge is 2.10. The fraction of sp³-hybridized carbons (Fsp3) is 0.500. The third kappa shape index (κ3) is 1.91. The molecule has 2 N–H and O–H groups in total. The van der Waals surface area contributed by atoms with Gasteiger partial charge < -0.3 is 10.6 Å². The predicted octanol–water partition coefficient (Wildman–Crippen LogP) is 1.90. The van der Waals surface area contributed by atoms with Crippen molar-refractivity contribution in [2.75, 3.05) is 23.7 Å². The van der Waals surface area contributed by atoms with E-state index in [0.29, 0.717) is 0 Å². The Morgan fingerprint density at radius 3 is 2.62 bits per heavy atom. The molecule has 0 amide bonds. The van der Waals surface area contributed by atoms with Gasteiger partial charge in [0.1, 0.15) is 5.82 Å². The van der Waals surface area contributed by atoms with Crippen molar-refractivity contribution >= 4 is 11.5 Å². The highest BCUT2D eigenvalue weighted by atomic mass is 15.2. The van der Waals surface area contributed by atoms with Crippen LogP contribution >= 0.6 is 0 Å². The predicted molar refractivity (Wildman–Crippen MR) is 56.8 cm³/mol. The summed E-state index contributed by atoms with van der Waals surface area (Å²) in [7, 11) is 0. The van der Waals surface area contributed by atoms with E-state index in [0.717, 1.165) is 24.6 Å². The van der Waals surface area contributed by atoms with E-state index in [1.807, 2.05) is 12.1 Å². The number of pyridine rings is 1. The summed E-state index contributed by atoms with van der Waals surface area (Å²) in [4.78, 5) is 6.63. The first-order chi connectivity index (χ1) is 6.36. The molecule has 1 saturated heterocycles. The van der Waals surface area contributed by atoms with Crippen LogP contribution in [-0.2, 0) is 0 Å². The molecule has 1 fully saturated rings. The first-order valence-electron chi connectivity index (χ1n) is 4.83. The van der Waals surface area contributed by atoms with Crippen LogP contribution in [0.1, 0.15) is 20.7 Å². The Morgan fingerprint density at radius 1 is 1.23 bits per heavy atom. The fourth-order valence-electron chi connectivity index (χ4n) is 1.71. The number of nitrogens with two attached hydrogens (primary N) is 1. The zero-order valence-corrected chi connectivity index (χ0v) is 7.74. The molecule has 1 aromatic rings. The van der Waals surface area contributed by atoms with E-state index < -0.39 is 0 Å². The van der Waals surface area contributed by atoms with E-state index in [1.54, 1.807) is 6.20 Å². The molecule has 72 valence electrons. The molecule has 3 nitrogen and oxygen atoms in total. The van der Waals surface area contributed by atoms with E-state index >= 15 is 0 Å². The monoisotopic (exact) mass is 179 g/mol. The van der Waals surface area contributed by atoms with Crippen molar-refractivity contribution in [2.24, 2.45) is 0 Å². The third-order valence-electron chi connectivity index (χ3n) is 2.45. The van der Waals surface area contributed by atoms with Gasteiger partial charge in [0.2, 0.25) is 0 Å². The van der Waals surface area contributed by atoms with Crippen LogP contribution in [0.5, 0.6) is 0 Å². The number of hydrogen-bond donors (Lipinski definition) is 1. The average molecular weight is 179 g/mol. The second-order valence-corrected chi connectivity index (χ2v) is 3.50. The highest BCUT2D eigenvalue weighted by molar-refractivity contribution is 5.45. The molecule has 13 heavy (non-hydrogen) atoms. The highest BCUT2D eigenvalue weighted by Crippen LogP contribution is 2.17. The summed E-state index contributed by atoms with van der Waals surface area (Å²) in [6.45, 7) is 2.27. The Balaban J connectivity index is 0.000000980. The number of rotatable bonds is 1. The van der Waals surface area contributed by atoms with E-state index in [1.165, 1.54) is 19.3 Å². The number of aromatic nitrogens is 1. The molecular weight excluding hydrogens is 162 g/mol. The summed E-state index contributed by atoms with van der Waals surface area (Å²) in [5, 5.41) is 0. The molecule has 3 heteroatoms. The van der Waals surface area contributed by atoms with Crippen molar-refractivity contribution in [2.45, 2.75) is 19.3 Å². The zero-order valence-electron chi connectivity index (χ0n) is 7.74. The van der Waals surface area contributed by atoms with Crippen molar-refractivity contribution < 1.29 is 1.43 Å². The second kappa shape index (κ2) is 3.64. The van der Waals surface area contributed by atoms with E-state index in [4.69, 9.17) is 5.73 Å². The lowest BCUT2D eigenvalue weighted by Crippen LogP contribution is -2.29. The topological polar surface area (TPSA) is 42.1 Å². The maximum Gasteiger partial charge on any atom is 0.128 e. The van der Waals surface area contributed by atoms with Crippen LogP contribution in [0.2, 0.25) is 0 Å². The SMILES string of the molecule is Nc1ccc(N2CCCCC2)nc1.[HH]. The minimum Gasteiger partial charge on any atom is -0.397 e. The molecule has 0 saturated carbocycles. The summed E-state index contributed by atoms with van der Waals surface area (Å²) < 4.78 is 0. The minimum atomic E-state index is 0. The van der Waals surface area contributed by atoms with Crippen LogP contribution < -0.4 is 10.6 Å². The second-order valence-electron chi connectivity index (χ2n) is 3.50. The minimum absolute atomic E-state index is 0. The van der Waals surface area contributed by atoms with Gasteiger partial charge in [-0.3, -0.25) is 0 Å².